The Kier molecular flexibility index (Phi) is 6.26. The first kappa shape index (κ1) is 23.9. The molecule has 0 heterocycles. The van der Waals surface area contributed by atoms with Crippen molar-refractivity contribution in [2.75, 3.05) is 11.9 Å². The predicted molar refractivity (Wildman–Crippen MR) is 124 cm³/mol. The highest BCUT2D eigenvalue weighted by Crippen LogP contribution is 2.44. The van der Waals surface area contributed by atoms with Gasteiger partial charge in [-0.25, -0.2) is 18.4 Å². The first-order valence-electron chi connectivity index (χ1n) is 10.8. The van der Waals surface area contributed by atoms with E-state index in [1.54, 1.807) is 0 Å². The van der Waals surface area contributed by atoms with Crippen LogP contribution < -0.4 is 10.6 Å². The predicted octanol–water partition coefficient (Wildman–Crippen LogP) is 4.92. The third-order valence-electron chi connectivity index (χ3n) is 5.86. The number of ether oxygens (including phenoxy) is 1. The van der Waals surface area contributed by atoms with Gasteiger partial charge in [-0.05, 0) is 42.2 Å². The van der Waals surface area contributed by atoms with Crippen LogP contribution in [0.25, 0.3) is 11.1 Å². The topological polar surface area (TPSA) is 105 Å². The number of amides is 2. The summed E-state index contributed by atoms with van der Waals surface area (Å²) in [6, 6.07) is 16.7. The number of alkyl carbamates (subject to hydrolysis) is 1. The van der Waals surface area contributed by atoms with Crippen LogP contribution in [-0.2, 0) is 9.53 Å². The first-order chi connectivity index (χ1) is 16.6. The van der Waals surface area contributed by atoms with Crippen molar-refractivity contribution in [1.82, 2.24) is 5.32 Å². The number of benzene rings is 3. The number of anilines is 1. The summed E-state index contributed by atoms with van der Waals surface area (Å²) in [5.41, 5.74) is 1.30. The average molecular weight is 480 g/mol. The Morgan fingerprint density at radius 2 is 1.51 bits per heavy atom. The lowest BCUT2D eigenvalue weighted by Gasteiger charge is -2.25. The van der Waals surface area contributed by atoms with E-state index in [4.69, 9.17) is 9.84 Å². The molecule has 4 rings (SSSR count). The highest BCUT2D eigenvalue weighted by atomic mass is 19.1. The van der Waals surface area contributed by atoms with Gasteiger partial charge in [-0.2, -0.15) is 0 Å². The van der Waals surface area contributed by atoms with Crippen molar-refractivity contribution in [1.29, 1.82) is 0 Å². The molecule has 7 nitrogen and oxygen atoms in total. The zero-order chi connectivity index (χ0) is 25.3. The number of rotatable bonds is 6. The van der Waals surface area contributed by atoms with E-state index in [-0.39, 0.29) is 12.5 Å². The summed E-state index contributed by atoms with van der Waals surface area (Å²) < 4.78 is 33.1. The molecule has 0 saturated carbocycles. The quantitative estimate of drug-likeness (QED) is 0.465. The largest absolute Gasteiger partial charge is 0.478 e. The zero-order valence-corrected chi connectivity index (χ0v) is 18.9. The van der Waals surface area contributed by atoms with Crippen LogP contribution in [0.4, 0.5) is 19.3 Å². The molecule has 3 N–H and O–H groups in total. The lowest BCUT2D eigenvalue weighted by molar-refractivity contribution is -0.121. The van der Waals surface area contributed by atoms with Crippen LogP contribution >= 0.6 is 0 Å². The minimum absolute atomic E-state index is 0.0339. The third-order valence-corrected chi connectivity index (χ3v) is 5.86. The summed E-state index contributed by atoms with van der Waals surface area (Å²) in [7, 11) is 0. The molecule has 180 valence electrons. The van der Waals surface area contributed by atoms with Crippen molar-refractivity contribution in [3.63, 3.8) is 0 Å². The lowest BCUT2D eigenvalue weighted by atomic mass is 9.98. The standard InChI is InChI=1S/C26H22F2N2O5/c1-26(2,24(33)29-22-11-18(23(31)32)20(27)12-21(22)28)30-25(34)35-13-19-16-9-5-3-7-14(16)15-8-4-6-10-17(15)19/h3-12,19H,13H2,1-2H3,(H,29,33)(H,30,34)(H,31,32). The highest BCUT2D eigenvalue weighted by molar-refractivity contribution is 6.00. The number of carbonyl (C=O) groups is 3. The van der Waals surface area contributed by atoms with Crippen LogP contribution in [0, 0.1) is 11.6 Å². The third kappa shape index (κ3) is 4.70. The van der Waals surface area contributed by atoms with E-state index in [1.165, 1.54) is 13.8 Å². The van der Waals surface area contributed by atoms with Gasteiger partial charge in [0.1, 0.15) is 23.8 Å². The van der Waals surface area contributed by atoms with Crippen LogP contribution in [0.1, 0.15) is 41.3 Å². The molecule has 0 atom stereocenters. The van der Waals surface area contributed by atoms with Gasteiger partial charge >= 0.3 is 12.1 Å². The summed E-state index contributed by atoms with van der Waals surface area (Å²) in [4.78, 5) is 36.3. The average Bonchev–Trinajstić information content (AvgIpc) is 3.12. The van der Waals surface area contributed by atoms with Gasteiger partial charge in [0, 0.05) is 12.0 Å². The molecule has 1 aliphatic rings. The SMILES string of the molecule is CC(C)(NC(=O)OCC1c2ccccc2-c2ccccc21)C(=O)Nc1cc(C(=O)O)c(F)cc1F. The van der Waals surface area contributed by atoms with Crippen molar-refractivity contribution in [3.05, 3.63) is 89.0 Å². The molecule has 9 heteroatoms. The second-order valence-corrected chi connectivity index (χ2v) is 8.65. The molecule has 3 aromatic rings. The molecule has 0 fully saturated rings. The minimum atomic E-state index is -1.62. The van der Waals surface area contributed by atoms with Crippen molar-refractivity contribution >= 4 is 23.7 Å². The minimum Gasteiger partial charge on any atom is -0.478 e. The van der Waals surface area contributed by atoms with Gasteiger partial charge < -0.3 is 20.5 Å². The van der Waals surface area contributed by atoms with Crippen LogP contribution in [0.5, 0.6) is 0 Å². The molecule has 3 aromatic carbocycles. The highest BCUT2D eigenvalue weighted by Gasteiger charge is 2.33. The Balaban J connectivity index is 1.43. The maximum absolute atomic E-state index is 14.1. The fourth-order valence-corrected chi connectivity index (χ4v) is 4.03. The first-order valence-corrected chi connectivity index (χ1v) is 10.8. The number of hydrogen-bond acceptors (Lipinski definition) is 4. The molecule has 0 spiro atoms. The zero-order valence-electron chi connectivity index (χ0n) is 18.9. The number of fused-ring (bicyclic) bond motifs is 3. The second kappa shape index (κ2) is 9.17. The molecule has 0 aromatic heterocycles. The van der Waals surface area contributed by atoms with Crippen molar-refractivity contribution < 1.29 is 33.0 Å². The van der Waals surface area contributed by atoms with Gasteiger partial charge in [0.2, 0.25) is 5.91 Å². The van der Waals surface area contributed by atoms with E-state index in [2.05, 4.69) is 10.6 Å². The molecular formula is C26H22F2N2O5. The van der Waals surface area contributed by atoms with Crippen LogP contribution in [0.15, 0.2) is 60.7 Å². The van der Waals surface area contributed by atoms with E-state index < -0.39 is 46.4 Å². The van der Waals surface area contributed by atoms with E-state index >= 15 is 0 Å². The fraction of sp³-hybridized carbons (Fsp3) is 0.192. The summed E-state index contributed by atoms with van der Waals surface area (Å²) in [5.74, 6) is -5.07. The van der Waals surface area contributed by atoms with Crippen molar-refractivity contribution in [2.24, 2.45) is 0 Å². The molecule has 0 saturated heterocycles. The molecule has 2 amide bonds. The number of carboxylic acid groups (broad SMARTS) is 1. The van der Waals surface area contributed by atoms with Crippen LogP contribution in [-0.4, -0.2) is 35.2 Å². The Bertz CT molecular complexity index is 1290. The molecular weight excluding hydrogens is 458 g/mol. The second-order valence-electron chi connectivity index (χ2n) is 8.65. The Morgan fingerprint density at radius 3 is 2.09 bits per heavy atom. The summed E-state index contributed by atoms with van der Waals surface area (Å²) in [6.07, 6.45) is -0.863. The van der Waals surface area contributed by atoms with Gasteiger partial charge in [-0.15, -0.1) is 0 Å². The van der Waals surface area contributed by atoms with Gasteiger partial charge in [0.15, 0.2) is 0 Å². The van der Waals surface area contributed by atoms with Crippen molar-refractivity contribution in [2.45, 2.75) is 25.3 Å². The molecule has 0 radical (unpaired) electrons. The number of nitrogens with one attached hydrogen (secondary N) is 2. The van der Waals surface area contributed by atoms with Gasteiger partial charge in [0.05, 0.1) is 11.3 Å². The number of carbonyl (C=O) groups excluding carboxylic acids is 2. The lowest BCUT2D eigenvalue weighted by Crippen LogP contribution is -2.52. The van der Waals surface area contributed by atoms with Crippen LogP contribution in [0.3, 0.4) is 0 Å². The molecule has 1 aliphatic carbocycles. The van der Waals surface area contributed by atoms with E-state index in [0.717, 1.165) is 22.3 Å². The van der Waals surface area contributed by atoms with E-state index in [1.807, 2.05) is 48.5 Å². The van der Waals surface area contributed by atoms with E-state index in [9.17, 15) is 23.2 Å². The molecule has 0 bridgehead atoms. The Morgan fingerprint density at radius 1 is 0.943 bits per heavy atom. The van der Waals surface area contributed by atoms with Crippen molar-refractivity contribution in [3.8, 4) is 11.1 Å². The number of halogens is 2. The smallest absolute Gasteiger partial charge is 0.408 e. The number of aromatic carboxylic acids is 1. The number of carboxylic acids is 1. The molecule has 0 aliphatic heterocycles. The monoisotopic (exact) mass is 480 g/mol. The Hall–Kier alpha value is -4.27. The normalized spacial score (nSPS) is 12.5. The Labute approximate surface area is 199 Å². The number of hydrogen-bond donors (Lipinski definition) is 3. The summed E-state index contributed by atoms with van der Waals surface area (Å²) in [5, 5.41) is 13.6. The van der Waals surface area contributed by atoms with Gasteiger partial charge in [-0.1, -0.05) is 48.5 Å². The van der Waals surface area contributed by atoms with Gasteiger partial charge in [0.25, 0.3) is 0 Å². The summed E-state index contributed by atoms with van der Waals surface area (Å²) in [6.45, 7) is 2.76. The van der Waals surface area contributed by atoms with E-state index in [0.29, 0.717) is 12.1 Å². The maximum atomic E-state index is 14.1. The van der Waals surface area contributed by atoms with Crippen LogP contribution in [0.2, 0.25) is 0 Å². The summed E-state index contributed by atoms with van der Waals surface area (Å²) >= 11 is 0. The maximum Gasteiger partial charge on any atom is 0.408 e. The molecule has 0 unspecified atom stereocenters. The fourth-order valence-electron chi connectivity index (χ4n) is 4.03. The molecule has 35 heavy (non-hydrogen) atoms. The van der Waals surface area contributed by atoms with Gasteiger partial charge in [-0.3, -0.25) is 4.79 Å².